The maximum Gasteiger partial charge on any atom is 0.261 e. The van der Waals surface area contributed by atoms with Crippen molar-refractivity contribution in [2.75, 3.05) is 19.1 Å². The fourth-order valence-electron chi connectivity index (χ4n) is 2.25. The molecule has 0 aliphatic heterocycles. The molecule has 0 bridgehead atoms. The SMILES string of the molecule is C[C@H](C[S@@](C)=O)N(C)Cc1nc2ccccc2c(=O)n1C. The van der Waals surface area contributed by atoms with Gasteiger partial charge in [-0.2, -0.15) is 0 Å². The van der Waals surface area contributed by atoms with E-state index in [0.717, 1.165) is 11.3 Å². The lowest BCUT2D eigenvalue weighted by Gasteiger charge is -2.24. The summed E-state index contributed by atoms with van der Waals surface area (Å²) in [6, 6.07) is 7.53. The lowest BCUT2D eigenvalue weighted by Crippen LogP contribution is -2.35. The molecule has 1 aromatic heterocycles. The molecule has 0 amide bonds. The highest BCUT2D eigenvalue weighted by atomic mass is 32.2. The molecule has 0 aliphatic rings. The van der Waals surface area contributed by atoms with Crippen LogP contribution in [-0.4, -0.2) is 43.8 Å². The molecular formula is C15H21N3O2S. The van der Waals surface area contributed by atoms with Crippen LogP contribution in [0.4, 0.5) is 0 Å². The lowest BCUT2D eigenvalue weighted by atomic mass is 10.2. The van der Waals surface area contributed by atoms with Crippen LogP contribution in [0.5, 0.6) is 0 Å². The van der Waals surface area contributed by atoms with Crippen LogP contribution in [0.15, 0.2) is 29.1 Å². The zero-order valence-corrected chi connectivity index (χ0v) is 13.7. The van der Waals surface area contributed by atoms with E-state index < -0.39 is 10.8 Å². The predicted molar refractivity (Wildman–Crippen MR) is 86.8 cm³/mol. The molecule has 21 heavy (non-hydrogen) atoms. The highest BCUT2D eigenvalue weighted by Gasteiger charge is 2.15. The minimum atomic E-state index is -0.837. The fraction of sp³-hybridized carbons (Fsp3) is 0.467. The number of hydrogen-bond acceptors (Lipinski definition) is 4. The van der Waals surface area contributed by atoms with Crippen LogP contribution < -0.4 is 5.56 Å². The smallest absolute Gasteiger partial charge is 0.261 e. The van der Waals surface area contributed by atoms with Gasteiger partial charge in [-0.25, -0.2) is 4.98 Å². The number of fused-ring (bicyclic) bond motifs is 1. The number of aromatic nitrogens is 2. The van der Waals surface area contributed by atoms with Gasteiger partial charge in [0.1, 0.15) is 5.82 Å². The summed E-state index contributed by atoms with van der Waals surface area (Å²) in [5.41, 5.74) is 0.687. The molecule has 1 heterocycles. The summed E-state index contributed by atoms with van der Waals surface area (Å²) >= 11 is 0. The van der Waals surface area contributed by atoms with Crippen molar-refractivity contribution < 1.29 is 4.21 Å². The molecule has 0 unspecified atom stereocenters. The van der Waals surface area contributed by atoms with Crippen molar-refractivity contribution in [2.24, 2.45) is 7.05 Å². The zero-order valence-electron chi connectivity index (χ0n) is 12.9. The van der Waals surface area contributed by atoms with E-state index in [-0.39, 0.29) is 11.6 Å². The van der Waals surface area contributed by atoms with Gasteiger partial charge < -0.3 is 0 Å². The van der Waals surface area contributed by atoms with Gasteiger partial charge in [0.05, 0.1) is 17.4 Å². The molecule has 0 N–H and O–H groups in total. The van der Waals surface area contributed by atoms with Gasteiger partial charge in [-0.05, 0) is 26.1 Å². The third-order valence-electron chi connectivity index (χ3n) is 3.69. The molecule has 0 aliphatic carbocycles. The molecule has 0 saturated carbocycles. The molecule has 2 aromatic rings. The topological polar surface area (TPSA) is 55.2 Å². The van der Waals surface area contributed by atoms with E-state index in [9.17, 15) is 9.00 Å². The van der Waals surface area contributed by atoms with Gasteiger partial charge in [-0.1, -0.05) is 12.1 Å². The molecule has 2 atom stereocenters. The van der Waals surface area contributed by atoms with E-state index in [1.807, 2.05) is 32.2 Å². The Kier molecular flexibility index (Phi) is 4.90. The first-order valence-corrected chi connectivity index (χ1v) is 8.57. The third-order valence-corrected chi connectivity index (χ3v) is 4.65. The van der Waals surface area contributed by atoms with E-state index in [0.29, 0.717) is 17.7 Å². The molecule has 0 saturated heterocycles. The largest absolute Gasteiger partial charge is 0.298 e. The van der Waals surface area contributed by atoms with E-state index >= 15 is 0 Å². The van der Waals surface area contributed by atoms with E-state index in [4.69, 9.17) is 0 Å². The van der Waals surface area contributed by atoms with Crippen LogP contribution in [0, 0.1) is 0 Å². The third kappa shape index (κ3) is 3.57. The van der Waals surface area contributed by atoms with Crippen molar-refractivity contribution >= 4 is 21.7 Å². The summed E-state index contributed by atoms with van der Waals surface area (Å²) in [4.78, 5) is 19.0. The first kappa shape index (κ1) is 15.9. The maximum atomic E-state index is 12.3. The molecule has 2 rings (SSSR count). The zero-order chi connectivity index (χ0) is 15.6. The van der Waals surface area contributed by atoms with E-state index in [2.05, 4.69) is 9.88 Å². The van der Waals surface area contributed by atoms with Gasteiger partial charge in [0.15, 0.2) is 0 Å². The van der Waals surface area contributed by atoms with Gasteiger partial charge in [-0.3, -0.25) is 18.5 Å². The molecule has 5 nitrogen and oxygen atoms in total. The summed E-state index contributed by atoms with van der Waals surface area (Å²) in [7, 11) is 2.86. The number of hydrogen-bond donors (Lipinski definition) is 0. The van der Waals surface area contributed by atoms with Gasteiger partial charge >= 0.3 is 0 Å². The number of nitrogens with zero attached hydrogens (tertiary/aromatic N) is 3. The Morgan fingerprint density at radius 2 is 2.05 bits per heavy atom. The molecule has 0 spiro atoms. The Bertz CT molecular complexity index is 726. The number of para-hydroxylation sites is 1. The van der Waals surface area contributed by atoms with Crippen molar-refractivity contribution in [3.05, 3.63) is 40.4 Å². The number of benzene rings is 1. The van der Waals surface area contributed by atoms with Crippen molar-refractivity contribution in [3.63, 3.8) is 0 Å². The van der Waals surface area contributed by atoms with E-state index in [1.54, 1.807) is 23.9 Å². The Labute approximate surface area is 127 Å². The molecule has 6 heteroatoms. The van der Waals surface area contributed by atoms with Crippen LogP contribution >= 0.6 is 0 Å². The average molecular weight is 307 g/mol. The monoisotopic (exact) mass is 307 g/mol. The standard InChI is InChI=1S/C15H21N3O2S/c1-11(10-21(4)20)17(2)9-14-16-13-8-6-5-7-12(13)15(19)18(14)3/h5-8,11H,9-10H2,1-4H3/t11-,21-/m1/s1. The highest BCUT2D eigenvalue weighted by Crippen LogP contribution is 2.09. The van der Waals surface area contributed by atoms with Crippen molar-refractivity contribution in [2.45, 2.75) is 19.5 Å². The minimum absolute atomic E-state index is 0.0317. The van der Waals surface area contributed by atoms with Crippen LogP contribution in [0.1, 0.15) is 12.7 Å². The second kappa shape index (κ2) is 6.49. The molecule has 0 radical (unpaired) electrons. The Balaban J connectivity index is 2.32. The normalized spacial score (nSPS) is 14.5. The highest BCUT2D eigenvalue weighted by molar-refractivity contribution is 7.84. The van der Waals surface area contributed by atoms with Crippen molar-refractivity contribution in [1.82, 2.24) is 14.5 Å². The molecular weight excluding hydrogens is 286 g/mol. The first-order valence-electron chi connectivity index (χ1n) is 6.85. The maximum absolute atomic E-state index is 12.3. The van der Waals surface area contributed by atoms with E-state index in [1.165, 1.54) is 0 Å². The van der Waals surface area contributed by atoms with Gasteiger partial charge in [0, 0.05) is 35.9 Å². The van der Waals surface area contributed by atoms with Crippen molar-refractivity contribution in [1.29, 1.82) is 0 Å². The molecule has 1 aromatic carbocycles. The summed E-state index contributed by atoms with van der Waals surface area (Å²) < 4.78 is 12.9. The Morgan fingerprint density at radius 1 is 1.38 bits per heavy atom. The lowest BCUT2D eigenvalue weighted by molar-refractivity contribution is 0.258. The van der Waals surface area contributed by atoms with Crippen LogP contribution in [-0.2, 0) is 24.4 Å². The van der Waals surface area contributed by atoms with Gasteiger partial charge in [-0.15, -0.1) is 0 Å². The van der Waals surface area contributed by atoms with Crippen LogP contribution in [0.25, 0.3) is 10.9 Å². The summed E-state index contributed by atoms with van der Waals surface area (Å²) in [5.74, 6) is 1.33. The van der Waals surface area contributed by atoms with Gasteiger partial charge in [0.25, 0.3) is 5.56 Å². The average Bonchev–Trinajstić information content (AvgIpc) is 2.43. The minimum Gasteiger partial charge on any atom is -0.298 e. The Hall–Kier alpha value is -1.53. The summed E-state index contributed by atoms with van der Waals surface area (Å²) in [6.07, 6.45) is 1.70. The van der Waals surface area contributed by atoms with Gasteiger partial charge in [0.2, 0.25) is 0 Å². The Morgan fingerprint density at radius 3 is 2.71 bits per heavy atom. The molecule has 114 valence electrons. The number of rotatable bonds is 5. The molecule has 0 fully saturated rings. The van der Waals surface area contributed by atoms with Crippen LogP contribution in [0.2, 0.25) is 0 Å². The first-order chi connectivity index (χ1) is 9.90. The quantitative estimate of drug-likeness (QED) is 0.831. The second-order valence-electron chi connectivity index (χ2n) is 5.41. The summed E-state index contributed by atoms with van der Waals surface area (Å²) in [5, 5.41) is 0.633. The summed E-state index contributed by atoms with van der Waals surface area (Å²) in [6.45, 7) is 2.58. The van der Waals surface area contributed by atoms with Crippen LogP contribution in [0.3, 0.4) is 0 Å². The van der Waals surface area contributed by atoms with Crippen molar-refractivity contribution in [3.8, 4) is 0 Å². The second-order valence-corrected chi connectivity index (χ2v) is 6.89. The predicted octanol–water partition coefficient (Wildman–Crippen LogP) is 1.13. The fourth-order valence-corrected chi connectivity index (χ4v) is 3.18.